The van der Waals surface area contributed by atoms with Crippen molar-refractivity contribution in [3.63, 3.8) is 0 Å². The maximum absolute atomic E-state index is 12.5. The fourth-order valence-electron chi connectivity index (χ4n) is 1.41. The SMILES string of the molecule is CCOC(=O)Cc1cc(C#N)c(Br)cc1SC(F)(F)F. The number of esters is 1. The van der Waals surface area contributed by atoms with Crippen LogP contribution in [-0.2, 0) is 16.0 Å². The lowest BCUT2D eigenvalue weighted by Gasteiger charge is -2.12. The summed E-state index contributed by atoms with van der Waals surface area (Å²) >= 11 is 2.70. The molecule has 0 atom stereocenters. The standard InChI is InChI=1S/C12H9BrF3NO2S/c1-2-19-11(18)4-7-3-8(6-17)9(13)5-10(7)20-12(14,15)16/h3,5H,2,4H2,1H3. The molecule has 0 heterocycles. The van der Waals surface area contributed by atoms with Gasteiger partial charge in [0, 0.05) is 9.37 Å². The van der Waals surface area contributed by atoms with E-state index in [9.17, 15) is 18.0 Å². The quantitative estimate of drug-likeness (QED) is 0.595. The molecule has 0 fully saturated rings. The highest BCUT2D eigenvalue weighted by Crippen LogP contribution is 2.40. The second-order valence-corrected chi connectivity index (χ2v) is 5.54. The van der Waals surface area contributed by atoms with Crippen LogP contribution in [-0.4, -0.2) is 18.1 Å². The van der Waals surface area contributed by atoms with E-state index in [1.54, 1.807) is 6.92 Å². The van der Waals surface area contributed by atoms with E-state index in [-0.39, 0.29) is 45.3 Å². The van der Waals surface area contributed by atoms with E-state index >= 15 is 0 Å². The highest BCUT2D eigenvalue weighted by molar-refractivity contribution is 9.10. The Balaban J connectivity index is 3.16. The summed E-state index contributed by atoms with van der Waals surface area (Å²) in [5.41, 5.74) is -4.20. The van der Waals surface area contributed by atoms with Crippen LogP contribution < -0.4 is 0 Å². The first kappa shape index (κ1) is 16.9. The molecule has 3 nitrogen and oxygen atoms in total. The zero-order valence-corrected chi connectivity index (χ0v) is 12.7. The molecule has 0 radical (unpaired) electrons. The molecule has 1 aromatic rings. The third-order valence-electron chi connectivity index (χ3n) is 2.14. The summed E-state index contributed by atoms with van der Waals surface area (Å²) in [5.74, 6) is -0.636. The van der Waals surface area contributed by atoms with E-state index in [2.05, 4.69) is 15.9 Å². The smallest absolute Gasteiger partial charge is 0.446 e. The van der Waals surface area contributed by atoms with Crippen LogP contribution in [0.2, 0.25) is 0 Å². The Hall–Kier alpha value is -1.20. The molecular formula is C12H9BrF3NO2S. The van der Waals surface area contributed by atoms with E-state index in [0.29, 0.717) is 0 Å². The van der Waals surface area contributed by atoms with Gasteiger partial charge in [0.1, 0.15) is 6.07 Å². The molecule has 8 heteroatoms. The Morgan fingerprint density at radius 3 is 2.65 bits per heavy atom. The van der Waals surface area contributed by atoms with Gasteiger partial charge in [0.15, 0.2) is 0 Å². The van der Waals surface area contributed by atoms with Crippen LogP contribution in [0.3, 0.4) is 0 Å². The fraction of sp³-hybridized carbons (Fsp3) is 0.333. The summed E-state index contributed by atoms with van der Waals surface area (Å²) in [6, 6.07) is 4.29. The number of nitrogens with zero attached hydrogens (tertiary/aromatic N) is 1. The van der Waals surface area contributed by atoms with Gasteiger partial charge in [-0.05, 0) is 52.3 Å². The van der Waals surface area contributed by atoms with Gasteiger partial charge in [-0.25, -0.2) is 0 Å². The minimum atomic E-state index is -4.48. The zero-order valence-electron chi connectivity index (χ0n) is 10.3. The number of thioether (sulfide) groups is 1. The Kier molecular flexibility index (Phi) is 5.89. The second-order valence-electron chi connectivity index (χ2n) is 3.58. The van der Waals surface area contributed by atoms with Gasteiger partial charge in [0.25, 0.3) is 0 Å². The molecule has 0 saturated carbocycles. The number of halogens is 4. The number of carbonyl (C=O) groups excluding carboxylic acids is 1. The highest BCUT2D eigenvalue weighted by Gasteiger charge is 2.31. The molecule has 0 saturated heterocycles. The van der Waals surface area contributed by atoms with Crippen molar-refractivity contribution in [1.29, 1.82) is 5.26 Å². The van der Waals surface area contributed by atoms with Crippen molar-refractivity contribution in [2.24, 2.45) is 0 Å². The van der Waals surface area contributed by atoms with Gasteiger partial charge >= 0.3 is 11.5 Å². The predicted octanol–water partition coefficient (Wildman–Crippen LogP) is 4.04. The number of ether oxygens (including phenoxy) is 1. The number of hydrogen-bond donors (Lipinski definition) is 0. The van der Waals surface area contributed by atoms with E-state index in [4.69, 9.17) is 10.00 Å². The van der Waals surface area contributed by atoms with Crippen molar-refractivity contribution in [3.05, 3.63) is 27.7 Å². The van der Waals surface area contributed by atoms with Gasteiger partial charge < -0.3 is 4.74 Å². The van der Waals surface area contributed by atoms with Gasteiger partial charge in [-0.1, -0.05) is 0 Å². The van der Waals surface area contributed by atoms with Gasteiger partial charge in [-0.15, -0.1) is 0 Å². The van der Waals surface area contributed by atoms with Crippen LogP contribution in [0.5, 0.6) is 0 Å². The molecule has 1 rings (SSSR count). The second kappa shape index (κ2) is 6.99. The lowest BCUT2D eigenvalue weighted by atomic mass is 10.1. The summed E-state index contributed by atoms with van der Waals surface area (Å²) in [4.78, 5) is 11.3. The molecule has 0 aliphatic rings. The van der Waals surface area contributed by atoms with Crippen molar-refractivity contribution in [3.8, 4) is 6.07 Å². The molecule has 0 aromatic heterocycles. The normalized spacial score (nSPS) is 11.0. The molecule has 0 N–H and O–H groups in total. The summed E-state index contributed by atoms with van der Waals surface area (Å²) in [5, 5.41) is 8.88. The van der Waals surface area contributed by atoms with E-state index in [1.807, 2.05) is 6.07 Å². The minimum absolute atomic E-state index is 0.116. The Morgan fingerprint density at radius 2 is 2.15 bits per heavy atom. The maximum atomic E-state index is 12.5. The topological polar surface area (TPSA) is 50.1 Å². The first-order valence-corrected chi connectivity index (χ1v) is 7.01. The molecule has 0 aliphatic heterocycles. The van der Waals surface area contributed by atoms with Crippen molar-refractivity contribution in [1.82, 2.24) is 0 Å². The van der Waals surface area contributed by atoms with E-state index < -0.39 is 11.5 Å². The Labute approximate surface area is 126 Å². The van der Waals surface area contributed by atoms with Crippen LogP contribution in [0.1, 0.15) is 18.1 Å². The molecule has 108 valence electrons. The largest absolute Gasteiger partial charge is 0.466 e. The van der Waals surface area contributed by atoms with Crippen molar-refractivity contribution in [2.45, 2.75) is 23.7 Å². The monoisotopic (exact) mass is 367 g/mol. The molecule has 0 amide bonds. The Morgan fingerprint density at radius 1 is 1.50 bits per heavy atom. The summed E-state index contributed by atoms with van der Waals surface area (Å²) in [6.45, 7) is 1.74. The molecular weight excluding hydrogens is 359 g/mol. The van der Waals surface area contributed by atoms with Crippen LogP contribution in [0.4, 0.5) is 13.2 Å². The van der Waals surface area contributed by atoms with Crippen LogP contribution >= 0.6 is 27.7 Å². The first-order chi connectivity index (χ1) is 9.26. The van der Waals surface area contributed by atoms with Crippen LogP contribution in [0.25, 0.3) is 0 Å². The van der Waals surface area contributed by atoms with Crippen LogP contribution in [0, 0.1) is 11.3 Å². The van der Waals surface area contributed by atoms with Crippen molar-refractivity contribution in [2.75, 3.05) is 6.61 Å². The molecule has 20 heavy (non-hydrogen) atoms. The van der Waals surface area contributed by atoms with E-state index in [0.717, 1.165) is 0 Å². The van der Waals surface area contributed by atoms with Gasteiger partial charge in [0.05, 0.1) is 18.6 Å². The van der Waals surface area contributed by atoms with E-state index in [1.165, 1.54) is 12.1 Å². The number of rotatable bonds is 4. The molecule has 0 aliphatic carbocycles. The summed E-state index contributed by atoms with van der Waals surface area (Å²) in [6.07, 6.45) is -0.311. The number of hydrogen-bond acceptors (Lipinski definition) is 4. The first-order valence-electron chi connectivity index (χ1n) is 5.40. The summed E-state index contributed by atoms with van der Waals surface area (Å²) < 4.78 is 42.4. The number of carbonyl (C=O) groups is 1. The maximum Gasteiger partial charge on any atom is 0.446 e. The third-order valence-corrected chi connectivity index (χ3v) is 3.62. The minimum Gasteiger partial charge on any atom is -0.466 e. The fourth-order valence-corrected chi connectivity index (χ4v) is 2.68. The lowest BCUT2D eigenvalue weighted by Crippen LogP contribution is -2.10. The summed E-state index contributed by atoms with van der Waals surface area (Å²) in [7, 11) is 0. The molecule has 1 aromatic carbocycles. The molecule has 0 spiro atoms. The number of benzene rings is 1. The highest BCUT2D eigenvalue weighted by atomic mass is 79.9. The number of alkyl halides is 3. The van der Waals surface area contributed by atoms with Crippen molar-refractivity contribution < 1.29 is 22.7 Å². The van der Waals surface area contributed by atoms with Gasteiger partial charge in [0.2, 0.25) is 0 Å². The third kappa shape index (κ3) is 5.06. The van der Waals surface area contributed by atoms with Crippen molar-refractivity contribution >= 4 is 33.7 Å². The average molecular weight is 368 g/mol. The average Bonchev–Trinajstić information content (AvgIpc) is 2.30. The van der Waals surface area contributed by atoms with Crippen LogP contribution in [0.15, 0.2) is 21.5 Å². The predicted molar refractivity (Wildman–Crippen MR) is 71.1 cm³/mol. The Bertz CT molecular complexity index is 555. The zero-order chi connectivity index (χ0) is 15.3. The van der Waals surface area contributed by atoms with Gasteiger partial charge in [-0.2, -0.15) is 18.4 Å². The van der Waals surface area contributed by atoms with Gasteiger partial charge in [-0.3, -0.25) is 4.79 Å². The molecule has 0 unspecified atom stereocenters. The lowest BCUT2D eigenvalue weighted by molar-refractivity contribution is -0.142. The number of nitriles is 1. The molecule has 0 bridgehead atoms.